The van der Waals surface area contributed by atoms with Gasteiger partial charge in [0.25, 0.3) is 0 Å². The molecule has 2 aromatic carbocycles. The second kappa shape index (κ2) is 10.2. The first-order valence-corrected chi connectivity index (χ1v) is 11.3. The highest BCUT2D eigenvalue weighted by Crippen LogP contribution is 2.29. The number of aromatic nitrogens is 1. The minimum atomic E-state index is -3.80. The molecule has 0 aliphatic rings. The second-order valence-electron chi connectivity index (χ2n) is 6.63. The molecule has 1 heterocycles. The van der Waals surface area contributed by atoms with E-state index in [2.05, 4.69) is 10.3 Å². The minimum absolute atomic E-state index is 0.107. The maximum Gasteiger partial charge on any atom is 0.244 e. The van der Waals surface area contributed by atoms with Crippen molar-refractivity contribution in [3.8, 4) is 5.75 Å². The Morgan fingerprint density at radius 1 is 1.13 bits per heavy atom. The third kappa shape index (κ3) is 5.93. The highest BCUT2D eigenvalue weighted by atomic mass is 35.5. The molecule has 0 aliphatic heterocycles. The van der Waals surface area contributed by atoms with Gasteiger partial charge in [-0.05, 0) is 59.7 Å². The molecule has 0 saturated carbocycles. The zero-order valence-corrected chi connectivity index (χ0v) is 18.3. The van der Waals surface area contributed by atoms with E-state index in [-0.39, 0.29) is 11.4 Å². The maximum absolute atomic E-state index is 13.3. The molecule has 1 unspecified atom stereocenters. The van der Waals surface area contributed by atoms with Gasteiger partial charge in [-0.15, -0.1) is 0 Å². The minimum Gasteiger partial charge on any atom is -0.497 e. The average Bonchev–Trinajstić information content (AvgIpc) is 2.79. The summed E-state index contributed by atoms with van der Waals surface area (Å²) in [5, 5.41) is 2.28. The standard InChI is InChI=1S/C23H21ClN2O4S/c1-30-20-9-11-21(12-10-20)31(28,29)22(18-3-2-14-25-15-18)16-26-23(27)13-6-17-4-7-19(24)8-5-17/h2-15,22H,16H2,1H3,(H,26,27)/b13-6+. The molecular weight excluding hydrogens is 436 g/mol. The van der Waals surface area contributed by atoms with Gasteiger partial charge in [-0.25, -0.2) is 8.42 Å². The molecule has 0 radical (unpaired) electrons. The van der Waals surface area contributed by atoms with Crippen molar-refractivity contribution in [2.24, 2.45) is 0 Å². The van der Waals surface area contributed by atoms with Gasteiger partial charge in [-0.1, -0.05) is 29.8 Å². The van der Waals surface area contributed by atoms with Crippen LogP contribution in [0.1, 0.15) is 16.4 Å². The van der Waals surface area contributed by atoms with Crippen LogP contribution in [0.15, 0.2) is 84.0 Å². The van der Waals surface area contributed by atoms with E-state index in [1.807, 2.05) is 0 Å². The molecule has 3 aromatic rings. The van der Waals surface area contributed by atoms with Crippen LogP contribution < -0.4 is 10.1 Å². The number of amides is 1. The van der Waals surface area contributed by atoms with Gasteiger partial charge in [-0.2, -0.15) is 0 Å². The van der Waals surface area contributed by atoms with Gasteiger partial charge < -0.3 is 10.1 Å². The summed E-state index contributed by atoms with van der Waals surface area (Å²) in [6.45, 7) is -0.107. The van der Waals surface area contributed by atoms with Crippen LogP contribution in [0.2, 0.25) is 5.02 Å². The number of nitrogens with zero attached hydrogens (tertiary/aromatic N) is 1. The van der Waals surface area contributed by atoms with E-state index in [0.29, 0.717) is 16.3 Å². The molecule has 0 aliphatic carbocycles. The number of carbonyl (C=O) groups excluding carboxylic acids is 1. The van der Waals surface area contributed by atoms with Gasteiger partial charge in [-0.3, -0.25) is 9.78 Å². The number of hydrogen-bond acceptors (Lipinski definition) is 5. The Labute approximate surface area is 186 Å². The number of nitrogens with one attached hydrogen (secondary N) is 1. The lowest BCUT2D eigenvalue weighted by atomic mass is 10.2. The van der Waals surface area contributed by atoms with Crippen LogP contribution in [0.5, 0.6) is 5.75 Å². The molecule has 1 amide bonds. The van der Waals surface area contributed by atoms with Gasteiger partial charge >= 0.3 is 0 Å². The topological polar surface area (TPSA) is 85.4 Å². The molecule has 3 rings (SSSR count). The molecule has 0 fully saturated rings. The lowest BCUT2D eigenvalue weighted by molar-refractivity contribution is -0.116. The molecule has 160 valence electrons. The number of methoxy groups -OCH3 is 1. The van der Waals surface area contributed by atoms with Crippen molar-refractivity contribution in [3.63, 3.8) is 0 Å². The zero-order valence-electron chi connectivity index (χ0n) is 16.7. The van der Waals surface area contributed by atoms with Gasteiger partial charge in [0.05, 0.1) is 12.0 Å². The number of sulfone groups is 1. The van der Waals surface area contributed by atoms with Crippen molar-refractivity contribution in [1.29, 1.82) is 0 Å². The van der Waals surface area contributed by atoms with Gasteiger partial charge in [0, 0.05) is 30.0 Å². The first-order chi connectivity index (χ1) is 14.9. The molecule has 0 saturated heterocycles. The molecule has 8 heteroatoms. The van der Waals surface area contributed by atoms with Crippen LogP contribution in [0.25, 0.3) is 6.08 Å². The van der Waals surface area contributed by atoms with Crippen molar-refractivity contribution in [1.82, 2.24) is 10.3 Å². The van der Waals surface area contributed by atoms with E-state index in [4.69, 9.17) is 16.3 Å². The number of carbonyl (C=O) groups is 1. The SMILES string of the molecule is COc1ccc(S(=O)(=O)C(CNC(=O)/C=C/c2ccc(Cl)cc2)c2cccnc2)cc1. The fourth-order valence-electron chi connectivity index (χ4n) is 2.90. The molecule has 1 atom stereocenters. The average molecular weight is 457 g/mol. The molecule has 31 heavy (non-hydrogen) atoms. The van der Waals surface area contributed by atoms with Crippen molar-refractivity contribution in [2.75, 3.05) is 13.7 Å². The number of benzene rings is 2. The van der Waals surface area contributed by atoms with E-state index in [0.717, 1.165) is 5.56 Å². The van der Waals surface area contributed by atoms with E-state index in [9.17, 15) is 13.2 Å². The number of ether oxygens (including phenoxy) is 1. The quantitative estimate of drug-likeness (QED) is 0.516. The van der Waals surface area contributed by atoms with Crippen molar-refractivity contribution >= 4 is 33.4 Å². The maximum atomic E-state index is 13.3. The molecule has 1 aromatic heterocycles. The number of pyridine rings is 1. The zero-order chi connectivity index (χ0) is 22.3. The smallest absolute Gasteiger partial charge is 0.244 e. The Hall–Kier alpha value is -3.16. The molecular formula is C23H21ClN2O4S. The highest BCUT2D eigenvalue weighted by molar-refractivity contribution is 7.91. The normalized spacial score (nSPS) is 12.5. The third-order valence-electron chi connectivity index (χ3n) is 4.58. The van der Waals surface area contributed by atoms with E-state index < -0.39 is 21.0 Å². The number of hydrogen-bond donors (Lipinski definition) is 1. The molecule has 1 N–H and O–H groups in total. The fourth-order valence-corrected chi connectivity index (χ4v) is 4.67. The number of halogens is 1. The molecule has 0 spiro atoms. The Morgan fingerprint density at radius 3 is 2.45 bits per heavy atom. The van der Waals surface area contributed by atoms with Crippen LogP contribution in [0, 0.1) is 0 Å². The fraction of sp³-hybridized carbons (Fsp3) is 0.130. The predicted octanol–water partition coefficient (Wildman–Crippen LogP) is 4.09. The summed E-state index contributed by atoms with van der Waals surface area (Å²) >= 11 is 5.85. The Balaban J connectivity index is 1.79. The van der Waals surface area contributed by atoms with Crippen molar-refractivity contribution < 1.29 is 17.9 Å². The number of rotatable bonds is 8. The lowest BCUT2D eigenvalue weighted by Crippen LogP contribution is -2.31. The van der Waals surface area contributed by atoms with Crippen LogP contribution in [-0.4, -0.2) is 33.0 Å². The summed E-state index contributed by atoms with van der Waals surface area (Å²) in [6, 6.07) is 16.5. The Bertz CT molecular complexity index is 1150. The second-order valence-corrected chi connectivity index (χ2v) is 9.19. The van der Waals surface area contributed by atoms with E-state index in [1.165, 1.54) is 31.5 Å². The lowest BCUT2D eigenvalue weighted by Gasteiger charge is -2.18. The van der Waals surface area contributed by atoms with Crippen molar-refractivity contribution in [3.05, 3.63) is 95.3 Å². The van der Waals surface area contributed by atoms with Crippen molar-refractivity contribution in [2.45, 2.75) is 10.1 Å². The largest absolute Gasteiger partial charge is 0.497 e. The first-order valence-electron chi connectivity index (χ1n) is 9.39. The molecule has 0 bridgehead atoms. The van der Waals surface area contributed by atoms with E-state index >= 15 is 0 Å². The third-order valence-corrected chi connectivity index (χ3v) is 6.95. The van der Waals surface area contributed by atoms with Gasteiger partial charge in [0.2, 0.25) is 5.91 Å². The monoisotopic (exact) mass is 456 g/mol. The van der Waals surface area contributed by atoms with Crippen LogP contribution in [-0.2, 0) is 14.6 Å². The van der Waals surface area contributed by atoms with Crippen LogP contribution in [0.4, 0.5) is 0 Å². The Kier molecular flexibility index (Phi) is 7.44. The summed E-state index contributed by atoms with van der Waals surface area (Å²) in [5.41, 5.74) is 1.29. The Morgan fingerprint density at radius 2 is 1.84 bits per heavy atom. The van der Waals surface area contributed by atoms with Crippen LogP contribution >= 0.6 is 11.6 Å². The summed E-state index contributed by atoms with van der Waals surface area (Å²) in [5.74, 6) is 0.145. The summed E-state index contributed by atoms with van der Waals surface area (Å²) in [7, 11) is -2.29. The summed E-state index contributed by atoms with van der Waals surface area (Å²) < 4.78 is 31.7. The first kappa shape index (κ1) is 22.5. The summed E-state index contributed by atoms with van der Waals surface area (Å²) in [4.78, 5) is 16.5. The summed E-state index contributed by atoms with van der Waals surface area (Å²) in [6.07, 6.45) is 6.03. The predicted molar refractivity (Wildman–Crippen MR) is 121 cm³/mol. The highest BCUT2D eigenvalue weighted by Gasteiger charge is 2.29. The van der Waals surface area contributed by atoms with Crippen LogP contribution in [0.3, 0.4) is 0 Å². The van der Waals surface area contributed by atoms with E-state index in [1.54, 1.807) is 60.8 Å². The van der Waals surface area contributed by atoms with Gasteiger partial charge in [0.1, 0.15) is 11.0 Å². The molecule has 6 nitrogen and oxygen atoms in total. The van der Waals surface area contributed by atoms with Gasteiger partial charge in [0.15, 0.2) is 9.84 Å².